The summed E-state index contributed by atoms with van der Waals surface area (Å²) in [6.45, 7) is 4.18. The molecule has 0 saturated carbocycles. The van der Waals surface area contributed by atoms with Crippen LogP contribution in [0.3, 0.4) is 0 Å². The molecule has 0 aliphatic heterocycles. The van der Waals surface area contributed by atoms with E-state index < -0.39 is 6.29 Å². The standard InChI is InChI=1S/C19H20N6O2S2/c1-10(2)11-8-15(25(3)19-21-13(9-28-19)17(26)27)23-24-16(11)22-18-20-12-6-4-5-7-14(12)29-18/h4-10,17,26-27H,1-3H3,(H,20,22,24). The van der Waals surface area contributed by atoms with Gasteiger partial charge < -0.3 is 20.4 Å². The Morgan fingerprint density at radius 3 is 2.59 bits per heavy atom. The minimum absolute atomic E-state index is 0.209. The average molecular weight is 429 g/mol. The first-order chi connectivity index (χ1) is 13.9. The maximum Gasteiger partial charge on any atom is 0.196 e. The number of hydrogen-bond donors (Lipinski definition) is 3. The van der Waals surface area contributed by atoms with Gasteiger partial charge in [0.2, 0.25) is 0 Å². The van der Waals surface area contributed by atoms with Crippen molar-refractivity contribution >= 4 is 54.8 Å². The molecular formula is C19H20N6O2S2. The molecule has 3 aromatic heterocycles. The van der Waals surface area contributed by atoms with Crippen LogP contribution in [-0.4, -0.2) is 37.4 Å². The predicted molar refractivity (Wildman–Crippen MR) is 116 cm³/mol. The van der Waals surface area contributed by atoms with Crippen LogP contribution in [0.1, 0.15) is 37.3 Å². The number of fused-ring (bicyclic) bond motifs is 1. The van der Waals surface area contributed by atoms with Crippen LogP contribution in [0, 0.1) is 0 Å². The van der Waals surface area contributed by atoms with Gasteiger partial charge in [-0.05, 0) is 24.1 Å². The largest absolute Gasteiger partial charge is 0.363 e. The number of nitrogens with zero attached hydrogens (tertiary/aromatic N) is 5. The molecule has 3 N–H and O–H groups in total. The molecule has 4 aromatic rings. The Bertz CT molecular complexity index is 1110. The molecule has 29 heavy (non-hydrogen) atoms. The second-order valence-corrected chi connectivity index (χ2v) is 8.63. The van der Waals surface area contributed by atoms with Gasteiger partial charge in [0.25, 0.3) is 0 Å². The lowest BCUT2D eigenvalue weighted by molar-refractivity contribution is -0.0453. The van der Waals surface area contributed by atoms with E-state index >= 15 is 0 Å². The summed E-state index contributed by atoms with van der Waals surface area (Å²) in [7, 11) is 1.82. The van der Waals surface area contributed by atoms with Gasteiger partial charge in [-0.15, -0.1) is 21.5 Å². The van der Waals surface area contributed by atoms with E-state index in [1.54, 1.807) is 21.6 Å². The van der Waals surface area contributed by atoms with E-state index in [4.69, 9.17) is 0 Å². The molecule has 4 rings (SSSR count). The highest BCUT2D eigenvalue weighted by molar-refractivity contribution is 7.22. The molecule has 0 fully saturated rings. The van der Waals surface area contributed by atoms with Gasteiger partial charge in [0.05, 0.1) is 10.2 Å². The molecule has 0 unspecified atom stereocenters. The third kappa shape index (κ3) is 4.06. The first-order valence-electron chi connectivity index (χ1n) is 8.98. The maximum absolute atomic E-state index is 9.28. The third-order valence-corrected chi connectivity index (χ3v) is 6.24. The number of benzene rings is 1. The van der Waals surface area contributed by atoms with Crippen molar-refractivity contribution in [3.05, 3.63) is 47.0 Å². The SMILES string of the molecule is CC(C)c1cc(N(C)c2nc(C(O)O)cs2)nnc1Nc1nc2ccccc2s1. The average Bonchev–Trinajstić information content (AvgIpc) is 3.34. The highest BCUT2D eigenvalue weighted by atomic mass is 32.1. The lowest BCUT2D eigenvalue weighted by atomic mass is 10.0. The normalized spacial score (nSPS) is 11.6. The minimum atomic E-state index is -1.59. The lowest BCUT2D eigenvalue weighted by Crippen LogP contribution is -2.14. The van der Waals surface area contributed by atoms with Crippen molar-refractivity contribution in [1.29, 1.82) is 0 Å². The van der Waals surface area contributed by atoms with E-state index in [9.17, 15) is 10.2 Å². The van der Waals surface area contributed by atoms with Crippen LogP contribution in [0.4, 0.5) is 21.9 Å². The number of thiazole rings is 2. The van der Waals surface area contributed by atoms with Crippen molar-refractivity contribution in [2.45, 2.75) is 26.1 Å². The molecule has 1 aromatic carbocycles. The van der Waals surface area contributed by atoms with Crippen molar-refractivity contribution in [1.82, 2.24) is 20.2 Å². The summed E-state index contributed by atoms with van der Waals surface area (Å²) in [5.74, 6) is 1.50. The van der Waals surface area contributed by atoms with Crippen molar-refractivity contribution in [2.24, 2.45) is 0 Å². The fourth-order valence-electron chi connectivity index (χ4n) is 2.77. The number of anilines is 4. The number of aliphatic hydroxyl groups excluding tert-OH is 1. The second kappa shape index (κ2) is 7.99. The summed E-state index contributed by atoms with van der Waals surface area (Å²) in [5, 5.41) is 33.6. The number of rotatable bonds is 6. The molecule has 0 amide bonds. The number of nitrogens with one attached hydrogen (secondary N) is 1. The molecule has 0 atom stereocenters. The van der Waals surface area contributed by atoms with Crippen molar-refractivity contribution in [3.63, 3.8) is 0 Å². The molecule has 8 nitrogen and oxygen atoms in total. The van der Waals surface area contributed by atoms with Gasteiger partial charge >= 0.3 is 0 Å². The van der Waals surface area contributed by atoms with E-state index in [1.807, 2.05) is 37.4 Å². The van der Waals surface area contributed by atoms with Gasteiger partial charge in [-0.3, -0.25) is 0 Å². The summed E-state index contributed by atoms with van der Waals surface area (Å²) in [5.41, 5.74) is 2.16. The van der Waals surface area contributed by atoms with Crippen LogP contribution in [-0.2, 0) is 0 Å². The number of aromatic nitrogens is 4. The van der Waals surface area contributed by atoms with E-state index in [0.29, 0.717) is 16.8 Å². The Labute approximate surface area is 175 Å². The molecule has 0 spiro atoms. The highest BCUT2D eigenvalue weighted by Gasteiger charge is 2.18. The zero-order valence-electron chi connectivity index (χ0n) is 16.1. The number of para-hydroxylation sites is 1. The summed E-state index contributed by atoms with van der Waals surface area (Å²) in [4.78, 5) is 10.6. The van der Waals surface area contributed by atoms with Crippen LogP contribution >= 0.6 is 22.7 Å². The molecular weight excluding hydrogens is 408 g/mol. The van der Waals surface area contributed by atoms with Crippen LogP contribution in [0.5, 0.6) is 0 Å². The Kier molecular flexibility index (Phi) is 5.41. The van der Waals surface area contributed by atoms with E-state index in [1.165, 1.54) is 11.3 Å². The second-order valence-electron chi connectivity index (χ2n) is 6.76. The number of aliphatic hydroxyl groups is 2. The van der Waals surface area contributed by atoms with E-state index in [0.717, 1.165) is 20.9 Å². The van der Waals surface area contributed by atoms with Gasteiger partial charge in [-0.25, -0.2) is 9.97 Å². The van der Waals surface area contributed by atoms with Gasteiger partial charge in [-0.1, -0.05) is 37.3 Å². The topological polar surface area (TPSA) is 107 Å². The summed E-state index contributed by atoms with van der Waals surface area (Å²) < 4.78 is 1.11. The molecule has 150 valence electrons. The van der Waals surface area contributed by atoms with E-state index in [2.05, 4.69) is 39.3 Å². The van der Waals surface area contributed by atoms with Gasteiger partial charge in [0, 0.05) is 18.0 Å². The minimum Gasteiger partial charge on any atom is -0.363 e. The smallest absolute Gasteiger partial charge is 0.196 e. The Hall–Kier alpha value is -2.66. The summed E-state index contributed by atoms with van der Waals surface area (Å²) >= 11 is 2.88. The van der Waals surface area contributed by atoms with Crippen LogP contribution in [0.2, 0.25) is 0 Å². The van der Waals surface area contributed by atoms with Gasteiger partial charge in [-0.2, -0.15) is 0 Å². The zero-order chi connectivity index (χ0) is 20.5. The Morgan fingerprint density at radius 2 is 1.90 bits per heavy atom. The third-order valence-electron chi connectivity index (χ3n) is 4.36. The Balaban J connectivity index is 1.63. The monoisotopic (exact) mass is 428 g/mol. The van der Waals surface area contributed by atoms with Crippen LogP contribution < -0.4 is 10.2 Å². The van der Waals surface area contributed by atoms with Crippen molar-refractivity contribution in [2.75, 3.05) is 17.3 Å². The fourth-order valence-corrected chi connectivity index (χ4v) is 4.45. The summed E-state index contributed by atoms with van der Waals surface area (Å²) in [6, 6.07) is 9.94. The quantitative estimate of drug-likeness (QED) is 0.393. The van der Waals surface area contributed by atoms with Crippen LogP contribution in [0.25, 0.3) is 10.2 Å². The molecule has 0 saturated heterocycles. The van der Waals surface area contributed by atoms with E-state index in [-0.39, 0.29) is 11.6 Å². The van der Waals surface area contributed by atoms with Gasteiger partial charge in [0.1, 0.15) is 5.69 Å². The molecule has 0 radical (unpaired) electrons. The van der Waals surface area contributed by atoms with Crippen molar-refractivity contribution in [3.8, 4) is 0 Å². The summed E-state index contributed by atoms with van der Waals surface area (Å²) in [6.07, 6.45) is -1.59. The van der Waals surface area contributed by atoms with Crippen molar-refractivity contribution < 1.29 is 10.2 Å². The maximum atomic E-state index is 9.28. The molecule has 0 aliphatic rings. The molecule has 10 heteroatoms. The van der Waals surface area contributed by atoms with Crippen LogP contribution in [0.15, 0.2) is 35.7 Å². The predicted octanol–water partition coefficient (Wildman–Crippen LogP) is 4.16. The fraction of sp³-hybridized carbons (Fsp3) is 0.263. The van der Waals surface area contributed by atoms with Gasteiger partial charge in [0.15, 0.2) is 28.2 Å². The molecule has 0 bridgehead atoms. The highest BCUT2D eigenvalue weighted by Crippen LogP contribution is 2.33. The number of hydrogen-bond acceptors (Lipinski definition) is 10. The molecule has 0 aliphatic carbocycles. The first-order valence-corrected chi connectivity index (χ1v) is 10.7. The molecule has 3 heterocycles. The lowest BCUT2D eigenvalue weighted by Gasteiger charge is -2.18. The zero-order valence-corrected chi connectivity index (χ0v) is 17.7. The first kappa shape index (κ1) is 19.6. The Morgan fingerprint density at radius 1 is 1.10 bits per heavy atom.